The van der Waals surface area contributed by atoms with E-state index in [0.29, 0.717) is 0 Å². The summed E-state index contributed by atoms with van der Waals surface area (Å²) in [6.45, 7) is 3.78. The van der Waals surface area contributed by atoms with Crippen LogP contribution in [0.1, 0.15) is 23.7 Å². The first-order valence-electron chi connectivity index (χ1n) is 7.31. The van der Waals surface area contributed by atoms with Crippen LogP contribution in [0.2, 0.25) is 0 Å². The summed E-state index contributed by atoms with van der Waals surface area (Å²) in [5, 5.41) is 10.4. The highest BCUT2D eigenvalue weighted by molar-refractivity contribution is 5.84. The topological polar surface area (TPSA) is 42.7 Å². The van der Waals surface area contributed by atoms with Crippen LogP contribution in [0.15, 0.2) is 42.9 Å². The van der Waals surface area contributed by atoms with Crippen LogP contribution in [0, 0.1) is 0 Å². The molecule has 0 bridgehead atoms. The standard InChI is InChI=1S/C17H20N4/c1-3-17-15(12-21(2)20-17)11-19-10-14-9-18-8-13-6-4-5-7-16(13)14/h4-9,12,19H,3,10-11H2,1-2H3. The number of rotatable bonds is 5. The Bertz CT molecular complexity index is 740. The molecule has 0 fully saturated rings. The Hall–Kier alpha value is -2.20. The van der Waals surface area contributed by atoms with Gasteiger partial charge in [0.2, 0.25) is 0 Å². The molecule has 2 heterocycles. The number of fused-ring (bicyclic) bond motifs is 1. The number of aryl methyl sites for hydroxylation is 2. The molecule has 1 aromatic carbocycles. The van der Waals surface area contributed by atoms with Crippen LogP contribution < -0.4 is 5.32 Å². The third-order valence-electron chi connectivity index (χ3n) is 3.71. The fourth-order valence-electron chi connectivity index (χ4n) is 2.68. The molecule has 4 nitrogen and oxygen atoms in total. The molecule has 1 N–H and O–H groups in total. The first-order valence-corrected chi connectivity index (χ1v) is 7.31. The van der Waals surface area contributed by atoms with Gasteiger partial charge in [-0.25, -0.2) is 0 Å². The van der Waals surface area contributed by atoms with E-state index in [1.165, 1.54) is 27.6 Å². The van der Waals surface area contributed by atoms with Gasteiger partial charge in [0, 0.05) is 49.7 Å². The molecule has 0 aliphatic heterocycles. The molecule has 2 aromatic heterocycles. The minimum Gasteiger partial charge on any atom is -0.308 e. The Labute approximate surface area is 124 Å². The maximum absolute atomic E-state index is 4.47. The van der Waals surface area contributed by atoms with Gasteiger partial charge in [-0.15, -0.1) is 0 Å². The van der Waals surface area contributed by atoms with Crippen molar-refractivity contribution in [2.45, 2.75) is 26.4 Å². The number of pyridine rings is 1. The number of hydrogen-bond acceptors (Lipinski definition) is 3. The van der Waals surface area contributed by atoms with Gasteiger partial charge in [-0.1, -0.05) is 31.2 Å². The number of nitrogens with zero attached hydrogens (tertiary/aromatic N) is 3. The predicted octanol–water partition coefficient (Wildman–Crippen LogP) is 2.82. The molecule has 0 saturated heterocycles. The van der Waals surface area contributed by atoms with E-state index < -0.39 is 0 Å². The van der Waals surface area contributed by atoms with Gasteiger partial charge >= 0.3 is 0 Å². The lowest BCUT2D eigenvalue weighted by atomic mass is 10.1. The molecule has 0 aliphatic carbocycles. The number of aromatic nitrogens is 3. The lowest BCUT2D eigenvalue weighted by Crippen LogP contribution is -2.13. The normalized spacial score (nSPS) is 11.1. The van der Waals surface area contributed by atoms with Gasteiger partial charge in [-0.05, 0) is 17.4 Å². The molecule has 0 radical (unpaired) electrons. The number of nitrogens with one attached hydrogen (secondary N) is 1. The van der Waals surface area contributed by atoms with E-state index in [9.17, 15) is 0 Å². The summed E-state index contributed by atoms with van der Waals surface area (Å²) in [6.07, 6.45) is 6.91. The maximum Gasteiger partial charge on any atom is 0.0666 e. The van der Waals surface area contributed by atoms with Crippen molar-refractivity contribution in [3.63, 3.8) is 0 Å². The quantitative estimate of drug-likeness (QED) is 0.781. The summed E-state index contributed by atoms with van der Waals surface area (Å²) in [6, 6.07) is 8.37. The minimum absolute atomic E-state index is 0.812. The third kappa shape index (κ3) is 2.95. The molecule has 3 rings (SSSR count). The highest BCUT2D eigenvalue weighted by atomic mass is 15.3. The minimum atomic E-state index is 0.812. The lowest BCUT2D eigenvalue weighted by molar-refractivity contribution is 0.689. The van der Waals surface area contributed by atoms with Crippen LogP contribution >= 0.6 is 0 Å². The Morgan fingerprint density at radius 3 is 2.76 bits per heavy atom. The average Bonchev–Trinajstić information content (AvgIpc) is 2.87. The van der Waals surface area contributed by atoms with E-state index in [4.69, 9.17) is 0 Å². The summed E-state index contributed by atoms with van der Waals surface area (Å²) in [5.74, 6) is 0. The van der Waals surface area contributed by atoms with E-state index in [-0.39, 0.29) is 0 Å². The van der Waals surface area contributed by atoms with Crippen molar-refractivity contribution in [1.29, 1.82) is 0 Å². The molecule has 108 valence electrons. The second-order valence-corrected chi connectivity index (χ2v) is 5.25. The van der Waals surface area contributed by atoms with Crippen molar-refractivity contribution in [2.75, 3.05) is 0 Å². The van der Waals surface area contributed by atoms with Crippen LogP contribution in [0.5, 0.6) is 0 Å². The molecule has 0 unspecified atom stereocenters. The molecular weight excluding hydrogens is 260 g/mol. The Balaban J connectivity index is 1.72. The van der Waals surface area contributed by atoms with Gasteiger partial charge in [-0.2, -0.15) is 5.10 Å². The zero-order chi connectivity index (χ0) is 14.7. The van der Waals surface area contributed by atoms with Crippen molar-refractivity contribution in [3.8, 4) is 0 Å². The van der Waals surface area contributed by atoms with Crippen molar-refractivity contribution < 1.29 is 0 Å². The number of benzene rings is 1. The largest absolute Gasteiger partial charge is 0.308 e. The molecule has 0 spiro atoms. The molecule has 21 heavy (non-hydrogen) atoms. The molecule has 0 amide bonds. The van der Waals surface area contributed by atoms with Crippen LogP contribution in [-0.2, 0) is 26.6 Å². The highest BCUT2D eigenvalue weighted by Gasteiger charge is 2.06. The van der Waals surface area contributed by atoms with Crippen LogP contribution in [0.4, 0.5) is 0 Å². The predicted molar refractivity (Wildman–Crippen MR) is 84.9 cm³/mol. The molecular formula is C17H20N4. The van der Waals surface area contributed by atoms with Gasteiger partial charge in [-0.3, -0.25) is 9.67 Å². The first-order chi connectivity index (χ1) is 10.3. The smallest absolute Gasteiger partial charge is 0.0666 e. The van der Waals surface area contributed by atoms with Crippen LogP contribution in [-0.4, -0.2) is 14.8 Å². The molecule has 0 atom stereocenters. The summed E-state index contributed by atoms with van der Waals surface area (Å²) < 4.78 is 1.88. The van der Waals surface area contributed by atoms with Gasteiger partial charge in [0.05, 0.1) is 5.69 Å². The maximum atomic E-state index is 4.47. The summed E-state index contributed by atoms with van der Waals surface area (Å²) in [5.41, 5.74) is 3.67. The van der Waals surface area contributed by atoms with Gasteiger partial charge in [0.25, 0.3) is 0 Å². The second kappa shape index (κ2) is 6.06. The lowest BCUT2D eigenvalue weighted by Gasteiger charge is -2.07. The first kappa shape index (κ1) is 13.8. The second-order valence-electron chi connectivity index (χ2n) is 5.25. The summed E-state index contributed by atoms with van der Waals surface area (Å²) >= 11 is 0. The van der Waals surface area contributed by atoms with Crippen LogP contribution in [0.25, 0.3) is 10.8 Å². The average molecular weight is 280 g/mol. The van der Waals surface area contributed by atoms with Gasteiger partial charge in [0.15, 0.2) is 0 Å². The molecule has 4 heteroatoms. The Kier molecular flexibility index (Phi) is 3.97. The fourth-order valence-corrected chi connectivity index (χ4v) is 2.68. The Morgan fingerprint density at radius 1 is 1.10 bits per heavy atom. The monoisotopic (exact) mass is 280 g/mol. The van der Waals surface area contributed by atoms with Crippen molar-refractivity contribution in [1.82, 2.24) is 20.1 Å². The fraction of sp³-hybridized carbons (Fsp3) is 0.294. The van der Waals surface area contributed by atoms with E-state index in [0.717, 1.165) is 19.5 Å². The van der Waals surface area contributed by atoms with Crippen molar-refractivity contribution in [3.05, 3.63) is 59.7 Å². The zero-order valence-corrected chi connectivity index (χ0v) is 12.5. The summed E-state index contributed by atoms with van der Waals surface area (Å²) in [4.78, 5) is 4.32. The highest BCUT2D eigenvalue weighted by Crippen LogP contribution is 2.17. The van der Waals surface area contributed by atoms with E-state index >= 15 is 0 Å². The van der Waals surface area contributed by atoms with Gasteiger partial charge < -0.3 is 5.32 Å². The van der Waals surface area contributed by atoms with E-state index in [1.54, 1.807) is 0 Å². The summed E-state index contributed by atoms with van der Waals surface area (Å²) in [7, 11) is 1.97. The number of hydrogen-bond donors (Lipinski definition) is 1. The van der Waals surface area contributed by atoms with E-state index in [2.05, 4.69) is 46.7 Å². The third-order valence-corrected chi connectivity index (χ3v) is 3.71. The molecule has 0 saturated carbocycles. The van der Waals surface area contributed by atoms with Crippen molar-refractivity contribution in [2.24, 2.45) is 7.05 Å². The molecule has 3 aromatic rings. The molecule has 0 aliphatic rings. The zero-order valence-electron chi connectivity index (χ0n) is 12.5. The van der Waals surface area contributed by atoms with Gasteiger partial charge in [0.1, 0.15) is 0 Å². The SMILES string of the molecule is CCc1nn(C)cc1CNCc1cncc2ccccc12. The van der Waals surface area contributed by atoms with Crippen molar-refractivity contribution >= 4 is 10.8 Å². The van der Waals surface area contributed by atoms with E-state index in [1.807, 2.05) is 30.2 Å². The van der Waals surface area contributed by atoms with Crippen LogP contribution in [0.3, 0.4) is 0 Å². The Morgan fingerprint density at radius 2 is 1.90 bits per heavy atom.